The van der Waals surface area contributed by atoms with E-state index in [1.807, 2.05) is 0 Å². The average molecular weight is 162 g/mol. The van der Waals surface area contributed by atoms with Crippen LogP contribution in [-0.2, 0) is 4.57 Å². The monoisotopic (exact) mass is 161 g/mol. The van der Waals surface area contributed by atoms with Crippen molar-refractivity contribution < 1.29 is 24.7 Å². The van der Waals surface area contributed by atoms with Crippen molar-refractivity contribution in [2.24, 2.45) is 0 Å². The van der Waals surface area contributed by atoms with Crippen LogP contribution in [0.25, 0.3) is 0 Å². The van der Waals surface area contributed by atoms with Crippen LogP contribution in [0.4, 0.5) is 0 Å². The zero-order chi connectivity index (χ0) is 4.50. The van der Waals surface area contributed by atoms with Crippen LogP contribution in [0.2, 0.25) is 0 Å². The van der Waals surface area contributed by atoms with Gasteiger partial charge in [0.05, 0.1) is 7.82 Å². The van der Waals surface area contributed by atoms with E-state index >= 15 is 0 Å². The molecule has 0 amide bonds. The molecule has 40 valence electrons. The van der Waals surface area contributed by atoms with Crippen molar-refractivity contribution in [3.05, 3.63) is 0 Å². The Hall–Kier alpha value is 1.60. The van der Waals surface area contributed by atoms with Crippen molar-refractivity contribution in [1.29, 1.82) is 0 Å². The van der Waals surface area contributed by atoms with Crippen molar-refractivity contribution in [1.82, 2.24) is 0 Å². The first-order valence-corrected chi connectivity index (χ1v) is 2.24. The second kappa shape index (κ2) is 8.60. The molecule has 0 radical (unpaired) electrons. The molecule has 2 N–H and O–H groups in total. The van der Waals surface area contributed by atoms with Gasteiger partial charge in [-0.1, -0.05) is 0 Å². The molecule has 0 aromatic heterocycles. The van der Waals surface area contributed by atoms with Gasteiger partial charge in [-0.25, -0.2) is 0 Å². The Kier molecular flexibility index (Phi) is 24.3. The van der Waals surface area contributed by atoms with Gasteiger partial charge < -0.3 is 24.7 Å². The van der Waals surface area contributed by atoms with Gasteiger partial charge in [0.25, 0.3) is 0 Å². The van der Waals surface area contributed by atoms with E-state index in [0.29, 0.717) is 0 Å². The second-order valence-corrected chi connectivity index (χ2v) is 1.41. The van der Waals surface area contributed by atoms with Gasteiger partial charge in [-0.15, -0.1) is 0 Å². The second-order valence-electron chi connectivity index (χ2n) is 0.469. The molecule has 0 aliphatic rings. The van der Waals surface area contributed by atoms with Gasteiger partial charge in [-0.2, -0.15) is 0 Å². The minimum absolute atomic E-state index is 0. The fourth-order valence-electron chi connectivity index (χ4n) is 0. The van der Waals surface area contributed by atoms with Crippen molar-refractivity contribution in [2.75, 3.05) is 0 Å². The normalized spacial score (nSPS) is 7.38. The summed E-state index contributed by atoms with van der Waals surface area (Å²) in [7, 11) is -5.14. The molecular weight excluding hydrogens is 160 g/mol. The van der Waals surface area contributed by atoms with Crippen LogP contribution in [0.5, 0.6) is 0 Å². The molecule has 0 spiro atoms. The topological polar surface area (TPSA) is 113 Å². The van der Waals surface area contributed by atoms with E-state index in [-0.39, 0.29) is 51.6 Å². The fourth-order valence-corrected chi connectivity index (χ4v) is 0. The van der Waals surface area contributed by atoms with Gasteiger partial charge in [0.15, 0.2) is 0 Å². The fraction of sp³-hybridized carbons (Fsp3) is 0. The largest absolute Gasteiger partial charge is 2.00 e. The summed E-state index contributed by atoms with van der Waals surface area (Å²) in [6.45, 7) is 0. The van der Waals surface area contributed by atoms with Gasteiger partial charge in [-0.3, -0.25) is 0 Å². The maximum Gasteiger partial charge on any atom is 2.00 e. The first-order chi connectivity index (χ1) is 2.00. The molecule has 0 bridgehead atoms. The van der Waals surface area contributed by atoms with E-state index in [4.69, 9.17) is 19.2 Å². The number of rotatable bonds is 0. The van der Waals surface area contributed by atoms with Crippen LogP contribution in [0.15, 0.2) is 0 Å². The van der Waals surface area contributed by atoms with Gasteiger partial charge in [0, 0.05) is 0 Å². The molecule has 0 aromatic rings. The molecule has 5 nitrogen and oxygen atoms in total. The van der Waals surface area contributed by atoms with E-state index in [1.54, 1.807) is 0 Å². The van der Waals surface area contributed by atoms with Crippen molar-refractivity contribution in [3.8, 4) is 0 Å². The molecule has 0 saturated heterocycles. The molecule has 0 saturated carbocycles. The molecule has 0 aliphatic carbocycles. The van der Waals surface area contributed by atoms with Crippen LogP contribution in [0, 0.1) is 0 Å². The summed E-state index contributed by atoms with van der Waals surface area (Å²) in [4.78, 5) is 24.3. The molecule has 0 aliphatic heterocycles. The van der Waals surface area contributed by atoms with Crippen molar-refractivity contribution in [3.63, 3.8) is 0 Å². The predicted octanol–water partition coefficient (Wildman–Crippen LogP) is -3.13. The van der Waals surface area contributed by atoms with Gasteiger partial charge >= 0.3 is 46.1 Å². The summed E-state index contributed by atoms with van der Waals surface area (Å²) in [5, 5.41) is 0. The Labute approximate surface area is 78.3 Å². The van der Waals surface area contributed by atoms with Gasteiger partial charge in [0.1, 0.15) is 0 Å². The van der Waals surface area contributed by atoms with Crippen LogP contribution in [-0.4, -0.2) is 56.5 Å². The molecule has 0 unspecified atom stereocenters. The molecule has 0 aromatic carbocycles. The maximum absolute atomic E-state index is 8.66. The molecular formula is H2Mg2O5P+. The quantitative estimate of drug-likeness (QED) is 0.298. The Morgan fingerprint density at radius 2 is 1.25 bits per heavy atom. The molecule has 8 heteroatoms. The molecule has 8 heavy (non-hydrogen) atoms. The average Bonchev–Trinajstić information content (AvgIpc) is 0.722. The first-order valence-electron chi connectivity index (χ1n) is 0.748. The Morgan fingerprint density at radius 3 is 1.25 bits per heavy atom. The van der Waals surface area contributed by atoms with Crippen LogP contribution in [0.3, 0.4) is 0 Å². The summed E-state index contributed by atoms with van der Waals surface area (Å²) in [5.74, 6) is 0. The molecule has 0 fully saturated rings. The SMILES string of the molecule is O=P([O-])([O-])O.[Mg+2].[Mg+2].[OH-]. The Bertz CT molecular complexity index is 56.6. The Morgan fingerprint density at radius 1 is 1.25 bits per heavy atom. The zero-order valence-corrected chi connectivity index (χ0v) is 7.70. The van der Waals surface area contributed by atoms with E-state index in [2.05, 4.69) is 0 Å². The van der Waals surface area contributed by atoms with Crippen LogP contribution < -0.4 is 9.79 Å². The van der Waals surface area contributed by atoms with Crippen LogP contribution in [0.1, 0.15) is 0 Å². The van der Waals surface area contributed by atoms with Gasteiger partial charge in [-0.05, 0) is 0 Å². The summed E-state index contributed by atoms with van der Waals surface area (Å²) < 4.78 is 8.66. The van der Waals surface area contributed by atoms with Crippen molar-refractivity contribution >= 4 is 53.9 Å². The number of hydrogen-bond donors (Lipinski definition) is 1. The minimum Gasteiger partial charge on any atom is -0.870 e. The first kappa shape index (κ1) is 22.6. The Balaban J connectivity index is -0.0000000267. The number of phosphoric acid groups is 1. The number of hydrogen-bond acceptors (Lipinski definition) is 4. The summed E-state index contributed by atoms with van der Waals surface area (Å²) in [6, 6.07) is 0. The minimum atomic E-state index is -5.14. The van der Waals surface area contributed by atoms with Crippen LogP contribution >= 0.6 is 7.82 Å². The third-order valence-corrected chi connectivity index (χ3v) is 0. The predicted molar refractivity (Wildman–Crippen MR) is 23.3 cm³/mol. The van der Waals surface area contributed by atoms with E-state index < -0.39 is 7.82 Å². The maximum atomic E-state index is 8.66. The third-order valence-electron chi connectivity index (χ3n) is 0. The van der Waals surface area contributed by atoms with Crippen molar-refractivity contribution in [2.45, 2.75) is 0 Å². The smallest absolute Gasteiger partial charge is 0.870 e. The zero-order valence-electron chi connectivity index (χ0n) is 3.98. The van der Waals surface area contributed by atoms with Gasteiger partial charge in [0.2, 0.25) is 0 Å². The standard InChI is InChI=1S/2Mg.H3O4P.H2O/c;;1-5(2,3)4;/h;;(H3,1,2,3,4);1H2/q2*+2;;/p-3. The summed E-state index contributed by atoms with van der Waals surface area (Å²) >= 11 is 0. The molecule has 0 rings (SSSR count). The van der Waals surface area contributed by atoms with E-state index in [1.165, 1.54) is 0 Å². The third kappa shape index (κ3) is 129. The molecule has 0 heterocycles. The molecule has 0 atom stereocenters. The summed E-state index contributed by atoms with van der Waals surface area (Å²) in [6.07, 6.45) is 0. The summed E-state index contributed by atoms with van der Waals surface area (Å²) in [5.41, 5.74) is 0. The van der Waals surface area contributed by atoms with E-state index in [0.717, 1.165) is 0 Å². The van der Waals surface area contributed by atoms with E-state index in [9.17, 15) is 0 Å².